The minimum atomic E-state index is -0.821. The van der Waals surface area contributed by atoms with Gasteiger partial charge in [-0.25, -0.2) is 9.59 Å². The van der Waals surface area contributed by atoms with Gasteiger partial charge in [-0.15, -0.1) is 0 Å². The second-order valence-electron chi connectivity index (χ2n) is 6.84. The maximum atomic E-state index is 12.4. The van der Waals surface area contributed by atoms with Crippen molar-refractivity contribution in [1.29, 1.82) is 0 Å². The molecule has 25 heavy (non-hydrogen) atoms. The van der Waals surface area contributed by atoms with E-state index in [0.717, 1.165) is 5.56 Å². The molecule has 0 aliphatic carbocycles. The predicted octanol–water partition coefficient (Wildman–Crippen LogP) is 3.42. The molecule has 1 aliphatic rings. The van der Waals surface area contributed by atoms with Crippen LogP contribution in [-0.4, -0.2) is 41.2 Å². The minimum Gasteiger partial charge on any atom is -0.458 e. The number of carbonyl (C=O) groups excluding carboxylic acids is 2. The van der Waals surface area contributed by atoms with Crippen molar-refractivity contribution in [3.05, 3.63) is 46.3 Å². The van der Waals surface area contributed by atoms with E-state index in [1.807, 2.05) is 30.3 Å². The Kier molecular flexibility index (Phi) is 5.88. The quantitative estimate of drug-likeness (QED) is 0.360. The molecule has 1 fully saturated rings. The molecule has 134 valence electrons. The number of nitrogens with zero attached hydrogens (tertiary/aromatic N) is 4. The number of amides is 1. The van der Waals surface area contributed by atoms with E-state index >= 15 is 0 Å². The Bertz CT molecular complexity index is 665. The van der Waals surface area contributed by atoms with Crippen LogP contribution in [0.1, 0.15) is 32.8 Å². The first-order valence-electron chi connectivity index (χ1n) is 8.04. The standard InChI is InChI=1S/C17H22N4O4/c1-17(2,3)25-15(22)14-9-13(19-20-18)10-21(14)16(23)24-11-12-7-5-4-6-8-12/h4-8,13-14H,9-11H2,1-3H3. The summed E-state index contributed by atoms with van der Waals surface area (Å²) < 4.78 is 10.7. The molecule has 0 aromatic heterocycles. The van der Waals surface area contributed by atoms with Gasteiger partial charge in [0, 0.05) is 11.5 Å². The Morgan fingerprint density at radius 3 is 2.60 bits per heavy atom. The molecule has 1 heterocycles. The summed E-state index contributed by atoms with van der Waals surface area (Å²) >= 11 is 0. The van der Waals surface area contributed by atoms with E-state index in [1.54, 1.807) is 20.8 Å². The maximum absolute atomic E-state index is 12.4. The third-order valence-electron chi connectivity index (χ3n) is 3.61. The lowest BCUT2D eigenvalue weighted by Crippen LogP contribution is -2.43. The molecule has 0 N–H and O–H groups in total. The van der Waals surface area contributed by atoms with Crippen LogP contribution >= 0.6 is 0 Å². The van der Waals surface area contributed by atoms with Crippen LogP contribution in [-0.2, 0) is 20.9 Å². The fourth-order valence-corrected chi connectivity index (χ4v) is 2.57. The largest absolute Gasteiger partial charge is 0.458 e. The van der Waals surface area contributed by atoms with Gasteiger partial charge in [-0.1, -0.05) is 35.4 Å². The lowest BCUT2D eigenvalue weighted by Gasteiger charge is -2.26. The first-order valence-corrected chi connectivity index (χ1v) is 8.04. The highest BCUT2D eigenvalue weighted by atomic mass is 16.6. The van der Waals surface area contributed by atoms with Crippen LogP contribution in [0.15, 0.2) is 35.4 Å². The summed E-state index contributed by atoms with van der Waals surface area (Å²) in [6.45, 7) is 5.49. The summed E-state index contributed by atoms with van der Waals surface area (Å²) in [5, 5.41) is 3.63. The predicted molar refractivity (Wildman–Crippen MR) is 90.5 cm³/mol. The Hall–Kier alpha value is -2.73. The van der Waals surface area contributed by atoms with E-state index in [9.17, 15) is 9.59 Å². The molecule has 0 radical (unpaired) electrons. The topological polar surface area (TPSA) is 105 Å². The van der Waals surface area contributed by atoms with E-state index in [4.69, 9.17) is 15.0 Å². The van der Waals surface area contributed by atoms with Gasteiger partial charge >= 0.3 is 12.1 Å². The number of hydrogen-bond donors (Lipinski definition) is 0. The monoisotopic (exact) mass is 346 g/mol. The van der Waals surface area contributed by atoms with Crippen molar-refractivity contribution in [2.75, 3.05) is 6.54 Å². The Morgan fingerprint density at radius 1 is 1.32 bits per heavy atom. The lowest BCUT2D eigenvalue weighted by atomic mass is 10.1. The number of ether oxygens (including phenoxy) is 2. The molecule has 8 heteroatoms. The normalized spacial score (nSPS) is 19.9. The van der Waals surface area contributed by atoms with Crippen molar-refractivity contribution in [2.45, 2.75) is 51.5 Å². The molecule has 2 rings (SSSR count). The van der Waals surface area contributed by atoms with E-state index in [0.29, 0.717) is 0 Å². The van der Waals surface area contributed by atoms with Crippen LogP contribution in [0.2, 0.25) is 0 Å². The molecule has 8 nitrogen and oxygen atoms in total. The zero-order chi connectivity index (χ0) is 18.4. The smallest absolute Gasteiger partial charge is 0.410 e. The molecule has 1 amide bonds. The van der Waals surface area contributed by atoms with Crippen molar-refractivity contribution >= 4 is 12.1 Å². The Labute approximate surface area is 146 Å². The fraction of sp³-hybridized carbons (Fsp3) is 0.529. The fourth-order valence-electron chi connectivity index (χ4n) is 2.57. The molecular weight excluding hydrogens is 324 g/mol. The number of hydrogen-bond acceptors (Lipinski definition) is 5. The van der Waals surface area contributed by atoms with Crippen LogP contribution < -0.4 is 0 Å². The molecule has 2 atom stereocenters. The molecule has 0 spiro atoms. The first kappa shape index (κ1) is 18.6. The summed E-state index contributed by atoms with van der Waals surface area (Å²) in [5.41, 5.74) is 8.79. The summed E-state index contributed by atoms with van der Waals surface area (Å²) in [6, 6.07) is 7.94. The molecule has 0 bridgehead atoms. The molecular formula is C17H22N4O4. The van der Waals surface area contributed by atoms with Crippen molar-refractivity contribution in [2.24, 2.45) is 5.11 Å². The van der Waals surface area contributed by atoms with E-state index in [-0.39, 0.29) is 19.6 Å². The number of azide groups is 1. The molecule has 1 aliphatic heterocycles. The number of rotatable bonds is 4. The van der Waals surface area contributed by atoms with Crippen LogP contribution in [0.25, 0.3) is 10.4 Å². The average molecular weight is 346 g/mol. The number of esters is 1. The average Bonchev–Trinajstić information content (AvgIpc) is 2.97. The minimum absolute atomic E-state index is 0.101. The summed E-state index contributed by atoms with van der Waals surface area (Å²) in [4.78, 5) is 28.8. The van der Waals surface area contributed by atoms with Crippen molar-refractivity contribution < 1.29 is 19.1 Å². The molecule has 1 saturated heterocycles. The zero-order valence-corrected chi connectivity index (χ0v) is 14.6. The summed E-state index contributed by atoms with van der Waals surface area (Å²) in [7, 11) is 0. The van der Waals surface area contributed by atoms with Gasteiger partial charge < -0.3 is 9.47 Å². The van der Waals surface area contributed by atoms with Crippen LogP contribution in [0, 0.1) is 0 Å². The van der Waals surface area contributed by atoms with Crippen LogP contribution in [0.5, 0.6) is 0 Å². The summed E-state index contributed by atoms with van der Waals surface area (Å²) in [5.74, 6) is -0.528. The van der Waals surface area contributed by atoms with Gasteiger partial charge in [-0.05, 0) is 38.3 Å². The SMILES string of the molecule is CC(C)(C)OC(=O)C1CC(N=[N+]=[N-])CN1C(=O)OCc1ccccc1. The molecule has 2 unspecified atom stereocenters. The molecule has 1 aromatic rings. The van der Waals surface area contributed by atoms with Crippen LogP contribution in [0.4, 0.5) is 4.79 Å². The summed E-state index contributed by atoms with van der Waals surface area (Å²) in [6.07, 6.45) is -0.408. The van der Waals surface area contributed by atoms with E-state index < -0.39 is 29.7 Å². The molecule has 1 aromatic carbocycles. The maximum Gasteiger partial charge on any atom is 0.410 e. The second-order valence-corrected chi connectivity index (χ2v) is 6.84. The highest BCUT2D eigenvalue weighted by Gasteiger charge is 2.42. The van der Waals surface area contributed by atoms with Gasteiger partial charge in [-0.2, -0.15) is 0 Å². The highest BCUT2D eigenvalue weighted by molar-refractivity contribution is 5.82. The van der Waals surface area contributed by atoms with Crippen molar-refractivity contribution in [1.82, 2.24) is 4.90 Å². The number of benzene rings is 1. The zero-order valence-electron chi connectivity index (χ0n) is 14.6. The number of likely N-dealkylation sites (tertiary alicyclic amines) is 1. The van der Waals surface area contributed by atoms with E-state index in [2.05, 4.69) is 10.0 Å². The number of carbonyl (C=O) groups is 2. The highest BCUT2D eigenvalue weighted by Crippen LogP contribution is 2.24. The van der Waals surface area contributed by atoms with Gasteiger partial charge in [-0.3, -0.25) is 4.90 Å². The third-order valence-corrected chi connectivity index (χ3v) is 3.61. The Morgan fingerprint density at radius 2 is 2.00 bits per heavy atom. The van der Waals surface area contributed by atoms with Gasteiger partial charge in [0.15, 0.2) is 0 Å². The second kappa shape index (κ2) is 7.90. The lowest BCUT2D eigenvalue weighted by molar-refractivity contribution is -0.159. The van der Waals surface area contributed by atoms with Gasteiger partial charge in [0.25, 0.3) is 0 Å². The molecule has 0 saturated carbocycles. The van der Waals surface area contributed by atoms with Gasteiger partial charge in [0.05, 0.1) is 6.04 Å². The van der Waals surface area contributed by atoms with Gasteiger partial charge in [0.1, 0.15) is 18.2 Å². The third kappa shape index (κ3) is 5.39. The van der Waals surface area contributed by atoms with E-state index in [1.165, 1.54) is 4.90 Å². The van der Waals surface area contributed by atoms with Crippen LogP contribution in [0.3, 0.4) is 0 Å². The Balaban J connectivity index is 2.06. The first-order chi connectivity index (χ1) is 11.8. The van der Waals surface area contributed by atoms with Crippen molar-refractivity contribution in [3.63, 3.8) is 0 Å². The van der Waals surface area contributed by atoms with Gasteiger partial charge in [0.2, 0.25) is 0 Å². The van der Waals surface area contributed by atoms with Crippen molar-refractivity contribution in [3.8, 4) is 0 Å².